The van der Waals surface area contributed by atoms with Gasteiger partial charge in [0, 0.05) is 71.0 Å². The molecule has 8 heteroatoms. The highest BCUT2D eigenvalue weighted by Gasteiger charge is 2.21. The zero-order chi connectivity index (χ0) is 21.9. The summed E-state index contributed by atoms with van der Waals surface area (Å²) >= 11 is 0. The highest BCUT2D eigenvalue weighted by atomic mass is 16.5. The number of nitrogens with one attached hydrogen (secondary N) is 1. The van der Waals surface area contributed by atoms with E-state index in [0.29, 0.717) is 5.92 Å². The van der Waals surface area contributed by atoms with Crippen LogP contribution >= 0.6 is 0 Å². The van der Waals surface area contributed by atoms with Crippen molar-refractivity contribution < 1.29 is 18.9 Å². The molecule has 1 atom stereocenters. The zero-order valence-electron chi connectivity index (χ0n) is 19.3. The van der Waals surface area contributed by atoms with E-state index in [1.54, 1.807) is 14.2 Å². The molecule has 1 N–H and O–H groups in total. The summed E-state index contributed by atoms with van der Waals surface area (Å²) < 4.78 is 22.1. The summed E-state index contributed by atoms with van der Waals surface area (Å²) in [6, 6.07) is 5.97. The van der Waals surface area contributed by atoms with Crippen molar-refractivity contribution in [2.45, 2.75) is 19.4 Å². The number of guanidine groups is 1. The second kappa shape index (κ2) is 12.7. The van der Waals surface area contributed by atoms with Crippen molar-refractivity contribution in [3.05, 3.63) is 23.8 Å². The topological polar surface area (TPSA) is 67.8 Å². The van der Waals surface area contributed by atoms with Gasteiger partial charge in [0.05, 0.1) is 27.4 Å². The molecule has 0 amide bonds. The second-order valence-electron chi connectivity index (χ2n) is 8.07. The Labute approximate surface area is 186 Å². The molecule has 31 heavy (non-hydrogen) atoms. The van der Waals surface area contributed by atoms with Gasteiger partial charge in [0.15, 0.2) is 5.96 Å². The van der Waals surface area contributed by atoms with Crippen LogP contribution in [0.2, 0.25) is 0 Å². The largest absolute Gasteiger partial charge is 0.497 e. The van der Waals surface area contributed by atoms with E-state index in [-0.39, 0.29) is 0 Å². The number of rotatable bonds is 10. The molecule has 2 aliphatic heterocycles. The summed E-state index contributed by atoms with van der Waals surface area (Å²) in [5.41, 5.74) is 1.15. The zero-order valence-corrected chi connectivity index (χ0v) is 19.3. The van der Waals surface area contributed by atoms with E-state index >= 15 is 0 Å². The molecule has 1 aromatic carbocycles. The fourth-order valence-corrected chi connectivity index (χ4v) is 4.04. The van der Waals surface area contributed by atoms with Crippen LogP contribution in [0.1, 0.15) is 18.4 Å². The number of benzene rings is 1. The van der Waals surface area contributed by atoms with Gasteiger partial charge in [0.1, 0.15) is 11.5 Å². The summed E-state index contributed by atoms with van der Waals surface area (Å²) in [7, 11) is 5.26. The van der Waals surface area contributed by atoms with Crippen LogP contribution in [0.4, 0.5) is 0 Å². The molecule has 8 nitrogen and oxygen atoms in total. The fraction of sp³-hybridized carbons (Fsp3) is 0.696. The molecule has 1 aromatic rings. The third kappa shape index (κ3) is 7.26. The van der Waals surface area contributed by atoms with Crippen LogP contribution in [-0.4, -0.2) is 96.2 Å². The van der Waals surface area contributed by atoms with Crippen molar-refractivity contribution in [2.75, 3.05) is 80.4 Å². The first-order valence-corrected chi connectivity index (χ1v) is 11.3. The number of piperazine rings is 1. The van der Waals surface area contributed by atoms with Crippen molar-refractivity contribution >= 4 is 5.96 Å². The molecule has 2 aliphatic rings. The maximum absolute atomic E-state index is 5.79. The Bertz CT molecular complexity index is 686. The Balaban J connectivity index is 1.36. The Morgan fingerprint density at radius 2 is 2.03 bits per heavy atom. The fourth-order valence-electron chi connectivity index (χ4n) is 4.04. The van der Waals surface area contributed by atoms with Crippen LogP contribution < -0.4 is 14.8 Å². The van der Waals surface area contributed by atoms with Crippen LogP contribution in [-0.2, 0) is 16.0 Å². The van der Waals surface area contributed by atoms with Gasteiger partial charge in [-0.05, 0) is 31.0 Å². The van der Waals surface area contributed by atoms with Crippen LogP contribution in [0.25, 0.3) is 0 Å². The molecule has 2 saturated heterocycles. The lowest BCUT2D eigenvalue weighted by atomic mass is 10.1. The first-order valence-electron chi connectivity index (χ1n) is 11.3. The summed E-state index contributed by atoms with van der Waals surface area (Å²) in [5, 5.41) is 3.48. The molecule has 0 saturated carbocycles. The smallest absolute Gasteiger partial charge is 0.193 e. The van der Waals surface area contributed by atoms with E-state index in [1.807, 2.05) is 19.2 Å². The first kappa shape index (κ1) is 23.6. The van der Waals surface area contributed by atoms with Crippen molar-refractivity contribution in [2.24, 2.45) is 10.9 Å². The Morgan fingerprint density at radius 1 is 1.19 bits per heavy atom. The van der Waals surface area contributed by atoms with Crippen molar-refractivity contribution in [1.29, 1.82) is 0 Å². The summed E-state index contributed by atoms with van der Waals surface area (Å²) in [5.74, 6) is 3.32. The summed E-state index contributed by atoms with van der Waals surface area (Å²) in [6.45, 7) is 8.90. The average Bonchev–Trinajstić information content (AvgIpc) is 3.33. The van der Waals surface area contributed by atoms with Gasteiger partial charge in [-0.1, -0.05) is 0 Å². The van der Waals surface area contributed by atoms with E-state index in [9.17, 15) is 0 Å². The van der Waals surface area contributed by atoms with E-state index in [4.69, 9.17) is 18.9 Å². The lowest BCUT2D eigenvalue weighted by Crippen LogP contribution is -2.52. The molecule has 0 aromatic heterocycles. The monoisotopic (exact) mass is 434 g/mol. The van der Waals surface area contributed by atoms with E-state index < -0.39 is 0 Å². The molecule has 1 unspecified atom stereocenters. The number of hydrogen-bond donors (Lipinski definition) is 1. The van der Waals surface area contributed by atoms with E-state index in [2.05, 4.69) is 26.2 Å². The molecule has 2 heterocycles. The standard InChI is InChI=1S/C23H38N4O4/c1-24-23(25-8-4-13-30-17-19-7-14-31-18-19)27-11-9-26(10-12-27)16-20-15-21(28-2)5-6-22(20)29-3/h5-6,15,19H,4,7-14,16-18H2,1-3H3,(H,24,25). The predicted molar refractivity (Wildman–Crippen MR) is 122 cm³/mol. The molecule has 0 spiro atoms. The number of nitrogens with zero attached hydrogens (tertiary/aromatic N) is 3. The second-order valence-corrected chi connectivity index (χ2v) is 8.07. The van der Waals surface area contributed by atoms with Crippen LogP contribution in [0.15, 0.2) is 23.2 Å². The Hall–Kier alpha value is -2.03. The van der Waals surface area contributed by atoms with Crippen LogP contribution in [0.3, 0.4) is 0 Å². The maximum Gasteiger partial charge on any atom is 0.193 e. The minimum absolute atomic E-state index is 0.578. The Kier molecular flexibility index (Phi) is 9.71. The van der Waals surface area contributed by atoms with Crippen molar-refractivity contribution in [3.63, 3.8) is 0 Å². The molecule has 3 rings (SSSR count). The lowest BCUT2D eigenvalue weighted by molar-refractivity contribution is 0.0886. The van der Waals surface area contributed by atoms with Gasteiger partial charge < -0.3 is 29.2 Å². The van der Waals surface area contributed by atoms with Gasteiger partial charge >= 0.3 is 0 Å². The van der Waals surface area contributed by atoms with E-state index in [0.717, 1.165) is 102 Å². The highest BCUT2D eigenvalue weighted by Crippen LogP contribution is 2.25. The minimum atomic E-state index is 0.578. The first-order chi connectivity index (χ1) is 15.2. The van der Waals surface area contributed by atoms with Gasteiger partial charge in [0.25, 0.3) is 0 Å². The van der Waals surface area contributed by atoms with Gasteiger partial charge in [-0.2, -0.15) is 0 Å². The van der Waals surface area contributed by atoms with Crippen LogP contribution in [0, 0.1) is 5.92 Å². The highest BCUT2D eigenvalue weighted by molar-refractivity contribution is 5.79. The normalized spacial score (nSPS) is 20.2. The molecule has 174 valence electrons. The van der Waals surface area contributed by atoms with Gasteiger partial charge in [-0.15, -0.1) is 0 Å². The third-order valence-corrected chi connectivity index (χ3v) is 5.89. The molecular formula is C23H38N4O4. The summed E-state index contributed by atoms with van der Waals surface area (Å²) in [6.07, 6.45) is 2.10. The SMILES string of the molecule is CN=C(NCCCOCC1CCOC1)N1CCN(Cc2cc(OC)ccc2OC)CC1. The van der Waals surface area contributed by atoms with E-state index in [1.165, 1.54) is 0 Å². The quantitative estimate of drug-likeness (QED) is 0.342. The number of ether oxygens (including phenoxy) is 4. The lowest BCUT2D eigenvalue weighted by Gasteiger charge is -2.36. The van der Waals surface area contributed by atoms with Crippen LogP contribution in [0.5, 0.6) is 11.5 Å². The van der Waals surface area contributed by atoms with Gasteiger partial charge in [-0.25, -0.2) is 0 Å². The minimum Gasteiger partial charge on any atom is -0.497 e. The summed E-state index contributed by atoms with van der Waals surface area (Å²) in [4.78, 5) is 9.25. The maximum atomic E-state index is 5.79. The van der Waals surface area contributed by atoms with Crippen molar-refractivity contribution in [3.8, 4) is 11.5 Å². The Morgan fingerprint density at radius 3 is 2.71 bits per heavy atom. The number of aliphatic imine (C=N–C) groups is 1. The molecular weight excluding hydrogens is 396 g/mol. The van der Waals surface area contributed by atoms with Gasteiger partial charge in [-0.3, -0.25) is 9.89 Å². The molecule has 0 radical (unpaired) electrons. The van der Waals surface area contributed by atoms with Gasteiger partial charge in [0.2, 0.25) is 0 Å². The number of methoxy groups -OCH3 is 2. The molecule has 2 fully saturated rings. The van der Waals surface area contributed by atoms with Crippen molar-refractivity contribution in [1.82, 2.24) is 15.1 Å². The number of hydrogen-bond acceptors (Lipinski definition) is 6. The molecule has 0 bridgehead atoms. The predicted octanol–water partition coefficient (Wildman–Crippen LogP) is 1.84. The average molecular weight is 435 g/mol. The molecule has 0 aliphatic carbocycles. The third-order valence-electron chi connectivity index (χ3n) is 5.89.